The number of hydrogen-bond donors (Lipinski definition) is 1. The van der Waals surface area contributed by atoms with Gasteiger partial charge in [0.05, 0.1) is 0 Å². The molecule has 0 saturated heterocycles. The highest BCUT2D eigenvalue weighted by molar-refractivity contribution is 9.10. The molecule has 0 fully saturated rings. The topological polar surface area (TPSA) is 12.0 Å². The van der Waals surface area contributed by atoms with Crippen LogP contribution in [0.4, 0.5) is 0 Å². The van der Waals surface area contributed by atoms with Gasteiger partial charge in [0.1, 0.15) is 0 Å². The number of hydrogen-bond acceptors (Lipinski definition) is 1. The van der Waals surface area contributed by atoms with Gasteiger partial charge < -0.3 is 5.32 Å². The summed E-state index contributed by atoms with van der Waals surface area (Å²) in [6.07, 6.45) is 4.91. The van der Waals surface area contributed by atoms with Gasteiger partial charge in [-0.2, -0.15) is 0 Å². The van der Waals surface area contributed by atoms with Gasteiger partial charge in [0.2, 0.25) is 0 Å². The minimum absolute atomic E-state index is 0.411. The summed E-state index contributed by atoms with van der Waals surface area (Å²) >= 11 is 3.61. The van der Waals surface area contributed by atoms with Crippen molar-refractivity contribution >= 4 is 15.9 Å². The Hall–Kier alpha value is -0.340. The Morgan fingerprint density at radius 1 is 1.05 bits per heavy atom. The van der Waals surface area contributed by atoms with Crippen molar-refractivity contribution < 1.29 is 0 Å². The molecule has 0 radical (unpaired) electrons. The van der Waals surface area contributed by atoms with E-state index in [1.165, 1.54) is 46.8 Å². The molecule has 1 nitrogen and oxygen atoms in total. The lowest BCUT2D eigenvalue weighted by atomic mass is 9.82. The van der Waals surface area contributed by atoms with E-state index in [1.54, 1.807) is 0 Å². The number of nitrogens with one attached hydrogen (secondary N) is 1. The van der Waals surface area contributed by atoms with Gasteiger partial charge in [-0.15, -0.1) is 0 Å². The highest BCUT2D eigenvalue weighted by atomic mass is 79.9. The Kier molecular flexibility index (Phi) is 7.25. The molecule has 0 unspecified atom stereocenters. The van der Waals surface area contributed by atoms with Crippen LogP contribution in [0, 0.1) is 19.3 Å². The van der Waals surface area contributed by atoms with E-state index < -0.39 is 0 Å². The van der Waals surface area contributed by atoms with Crippen LogP contribution in [0.15, 0.2) is 16.6 Å². The number of benzene rings is 1. The van der Waals surface area contributed by atoms with Crippen molar-refractivity contribution in [2.45, 2.75) is 60.3 Å². The molecule has 1 aromatic carbocycles. The SMILES string of the molecule is CCCNCCC(C)(C)CCc1cc(C)c(Br)cc1C. The molecule has 1 rings (SSSR count). The fourth-order valence-electron chi connectivity index (χ4n) is 2.44. The Bertz CT molecular complexity index is 424. The van der Waals surface area contributed by atoms with Gasteiger partial charge in [0.25, 0.3) is 0 Å². The molecular formula is C18H30BrN. The van der Waals surface area contributed by atoms with Gasteiger partial charge in [0.15, 0.2) is 0 Å². The summed E-state index contributed by atoms with van der Waals surface area (Å²) in [6, 6.07) is 4.59. The maximum absolute atomic E-state index is 3.61. The quantitative estimate of drug-likeness (QED) is 0.624. The largest absolute Gasteiger partial charge is 0.317 e. The highest BCUT2D eigenvalue weighted by Crippen LogP contribution is 2.29. The lowest BCUT2D eigenvalue weighted by Gasteiger charge is -2.25. The number of halogens is 1. The summed E-state index contributed by atoms with van der Waals surface area (Å²) in [4.78, 5) is 0. The zero-order valence-electron chi connectivity index (χ0n) is 13.8. The van der Waals surface area contributed by atoms with Crippen LogP contribution in [0.1, 0.15) is 56.7 Å². The molecule has 0 amide bonds. The van der Waals surface area contributed by atoms with Gasteiger partial charge in [-0.3, -0.25) is 0 Å². The molecule has 20 heavy (non-hydrogen) atoms. The van der Waals surface area contributed by atoms with Crippen molar-refractivity contribution in [2.24, 2.45) is 5.41 Å². The van der Waals surface area contributed by atoms with Crippen LogP contribution in [0.3, 0.4) is 0 Å². The van der Waals surface area contributed by atoms with E-state index in [4.69, 9.17) is 0 Å². The van der Waals surface area contributed by atoms with Gasteiger partial charge in [-0.1, -0.05) is 42.8 Å². The average molecular weight is 340 g/mol. The predicted octanol–water partition coefficient (Wildman–Crippen LogP) is 5.41. The first kappa shape index (κ1) is 17.7. The molecule has 2 heteroatoms. The van der Waals surface area contributed by atoms with Crippen molar-refractivity contribution in [3.05, 3.63) is 33.3 Å². The molecule has 0 bridgehead atoms. The lowest BCUT2D eigenvalue weighted by Crippen LogP contribution is -2.23. The van der Waals surface area contributed by atoms with Gasteiger partial charge in [0, 0.05) is 4.47 Å². The number of rotatable bonds is 8. The molecule has 0 aliphatic heterocycles. The van der Waals surface area contributed by atoms with Crippen molar-refractivity contribution in [1.82, 2.24) is 5.32 Å². The van der Waals surface area contributed by atoms with Crippen molar-refractivity contribution in [2.75, 3.05) is 13.1 Å². The van der Waals surface area contributed by atoms with Crippen molar-refractivity contribution in [3.8, 4) is 0 Å². The van der Waals surface area contributed by atoms with Gasteiger partial charge >= 0.3 is 0 Å². The highest BCUT2D eigenvalue weighted by Gasteiger charge is 2.17. The molecular weight excluding hydrogens is 310 g/mol. The molecule has 0 atom stereocenters. The van der Waals surface area contributed by atoms with Crippen LogP contribution in [0.25, 0.3) is 0 Å². The molecule has 114 valence electrons. The van der Waals surface area contributed by atoms with E-state index in [0.717, 1.165) is 13.1 Å². The minimum atomic E-state index is 0.411. The van der Waals surface area contributed by atoms with Crippen LogP contribution in [0.5, 0.6) is 0 Å². The normalized spacial score (nSPS) is 11.9. The van der Waals surface area contributed by atoms with E-state index >= 15 is 0 Å². The molecule has 0 aromatic heterocycles. The summed E-state index contributed by atoms with van der Waals surface area (Å²) in [5, 5.41) is 3.51. The molecule has 0 aliphatic carbocycles. The summed E-state index contributed by atoms with van der Waals surface area (Å²) < 4.78 is 1.22. The molecule has 0 heterocycles. The third-order valence-corrected chi connectivity index (χ3v) is 4.95. The van der Waals surface area contributed by atoms with E-state index in [1.807, 2.05) is 0 Å². The third kappa shape index (κ3) is 5.97. The Morgan fingerprint density at radius 3 is 2.40 bits per heavy atom. The Morgan fingerprint density at radius 2 is 1.75 bits per heavy atom. The maximum atomic E-state index is 3.61. The summed E-state index contributed by atoms with van der Waals surface area (Å²) in [6.45, 7) is 13.7. The predicted molar refractivity (Wildman–Crippen MR) is 93.5 cm³/mol. The van der Waals surface area contributed by atoms with E-state index in [9.17, 15) is 0 Å². The number of aryl methyl sites for hydroxylation is 3. The third-order valence-electron chi connectivity index (χ3n) is 4.09. The Labute approximate surface area is 133 Å². The van der Waals surface area contributed by atoms with Crippen LogP contribution >= 0.6 is 15.9 Å². The minimum Gasteiger partial charge on any atom is -0.317 e. The molecule has 0 aliphatic rings. The molecule has 1 N–H and O–H groups in total. The monoisotopic (exact) mass is 339 g/mol. The van der Waals surface area contributed by atoms with Crippen LogP contribution in [-0.2, 0) is 6.42 Å². The van der Waals surface area contributed by atoms with E-state index in [-0.39, 0.29) is 0 Å². The van der Waals surface area contributed by atoms with E-state index in [2.05, 4.69) is 68.0 Å². The fourth-order valence-corrected chi connectivity index (χ4v) is 2.89. The fraction of sp³-hybridized carbons (Fsp3) is 0.667. The first-order valence-corrected chi connectivity index (χ1v) is 8.61. The van der Waals surface area contributed by atoms with Crippen molar-refractivity contribution in [1.29, 1.82) is 0 Å². The molecule has 1 aromatic rings. The second-order valence-electron chi connectivity index (χ2n) is 6.69. The van der Waals surface area contributed by atoms with Crippen LogP contribution in [0.2, 0.25) is 0 Å². The van der Waals surface area contributed by atoms with Crippen molar-refractivity contribution in [3.63, 3.8) is 0 Å². The van der Waals surface area contributed by atoms with E-state index in [0.29, 0.717) is 5.41 Å². The van der Waals surface area contributed by atoms with Crippen LogP contribution < -0.4 is 5.32 Å². The first-order chi connectivity index (χ1) is 9.35. The molecule has 0 saturated carbocycles. The molecule has 0 spiro atoms. The summed E-state index contributed by atoms with van der Waals surface area (Å²) in [5.41, 5.74) is 4.66. The second-order valence-corrected chi connectivity index (χ2v) is 7.55. The van der Waals surface area contributed by atoms with Gasteiger partial charge in [-0.25, -0.2) is 0 Å². The van der Waals surface area contributed by atoms with Gasteiger partial charge in [-0.05, 0) is 80.8 Å². The lowest BCUT2D eigenvalue weighted by molar-refractivity contribution is 0.302. The average Bonchev–Trinajstić information content (AvgIpc) is 2.37. The maximum Gasteiger partial charge on any atom is 0.0207 e. The first-order valence-electron chi connectivity index (χ1n) is 7.82. The standard InChI is InChI=1S/C18H30BrN/c1-6-10-20-11-9-18(4,5)8-7-16-12-15(3)17(19)13-14(16)2/h12-13,20H,6-11H2,1-5H3. The zero-order valence-corrected chi connectivity index (χ0v) is 15.4. The zero-order chi connectivity index (χ0) is 15.2. The second kappa shape index (κ2) is 8.19. The van der Waals surface area contributed by atoms with Crippen LogP contribution in [-0.4, -0.2) is 13.1 Å². The Balaban J connectivity index is 2.51. The smallest absolute Gasteiger partial charge is 0.0207 e. The summed E-state index contributed by atoms with van der Waals surface area (Å²) in [5.74, 6) is 0. The summed E-state index contributed by atoms with van der Waals surface area (Å²) in [7, 11) is 0.